The average Bonchev–Trinajstić information content (AvgIpc) is 3.15. The minimum atomic E-state index is -0.255. The molecule has 1 unspecified atom stereocenters. The Kier molecular flexibility index (Phi) is 5.34. The minimum Gasteiger partial charge on any atom is -0.370 e. The summed E-state index contributed by atoms with van der Waals surface area (Å²) >= 11 is 0. The first-order chi connectivity index (χ1) is 13.7. The molecule has 1 saturated heterocycles. The molecule has 3 aromatic rings. The highest BCUT2D eigenvalue weighted by atomic mass is 16.5. The Morgan fingerprint density at radius 1 is 1.18 bits per heavy atom. The van der Waals surface area contributed by atoms with Crippen molar-refractivity contribution in [1.29, 1.82) is 0 Å². The topological polar surface area (TPSA) is 80.2 Å². The van der Waals surface area contributed by atoms with Crippen molar-refractivity contribution in [2.45, 2.75) is 25.6 Å². The van der Waals surface area contributed by atoms with E-state index < -0.39 is 0 Å². The molecule has 0 aliphatic carbocycles. The number of carbonyl (C=O) groups excluding carboxylic acids is 1. The van der Waals surface area contributed by atoms with Crippen molar-refractivity contribution < 1.29 is 9.53 Å². The number of benzene rings is 1. The normalized spacial score (nSPS) is 16.9. The van der Waals surface area contributed by atoms with Gasteiger partial charge in [0, 0.05) is 25.4 Å². The second kappa shape index (κ2) is 8.22. The number of para-hydroxylation sites is 1. The van der Waals surface area contributed by atoms with Gasteiger partial charge < -0.3 is 9.64 Å². The molecule has 1 aliphatic rings. The van der Waals surface area contributed by atoms with Crippen molar-refractivity contribution in [3.63, 3.8) is 0 Å². The molecular formula is C21H22N4O3. The molecule has 1 aromatic carbocycles. The Bertz CT molecular complexity index is 982. The van der Waals surface area contributed by atoms with Crippen LogP contribution in [0.3, 0.4) is 0 Å². The smallest absolute Gasteiger partial charge is 0.272 e. The van der Waals surface area contributed by atoms with Crippen LogP contribution in [0.1, 0.15) is 29.0 Å². The zero-order valence-electron chi connectivity index (χ0n) is 15.5. The molecule has 1 N–H and O–H groups in total. The number of H-pyrrole nitrogens is 1. The Balaban J connectivity index is 1.42. The second-order valence-corrected chi connectivity index (χ2v) is 6.83. The van der Waals surface area contributed by atoms with Crippen molar-refractivity contribution in [3.05, 3.63) is 82.5 Å². The summed E-state index contributed by atoms with van der Waals surface area (Å²) in [7, 11) is 0. The highest BCUT2D eigenvalue weighted by molar-refractivity contribution is 5.92. The summed E-state index contributed by atoms with van der Waals surface area (Å²) in [6, 6.07) is 16.3. The SMILES string of the molecule is O=C(c1cc(=O)n(-c2ccccc2)[nH]1)N1CCCC(OCc2ccccn2)C1. The number of nitrogens with zero attached hydrogens (tertiary/aromatic N) is 3. The van der Waals surface area contributed by atoms with E-state index in [1.165, 1.54) is 10.7 Å². The van der Waals surface area contributed by atoms with Gasteiger partial charge in [-0.25, -0.2) is 4.68 Å². The van der Waals surface area contributed by atoms with Gasteiger partial charge in [0.1, 0.15) is 5.69 Å². The molecular weight excluding hydrogens is 356 g/mol. The van der Waals surface area contributed by atoms with E-state index >= 15 is 0 Å². The van der Waals surface area contributed by atoms with Crippen molar-refractivity contribution in [1.82, 2.24) is 19.7 Å². The second-order valence-electron chi connectivity index (χ2n) is 6.83. The molecule has 4 rings (SSSR count). The summed E-state index contributed by atoms with van der Waals surface area (Å²) in [5.74, 6) is -0.182. The van der Waals surface area contributed by atoms with Crippen molar-refractivity contribution in [3.8, 4) is 5.69 Å². The average molecular weight is 378 g/mol. The standard InChI is InChI=1S/C21H22N4O3/c26-20-13-19(23-25(20)17-8-2-1-3-9-17)21(27)24-12-6-10-18(14-24)28-15-16-7-4-5-11-22-16/h1-5,7-9,11,13,18,23H,6,10,12,14-15H2. The van der Waals surface area contributed by atoms with E-state index in [0.29, 0.717) is 31.1 Å². The van der Waals surface area contributed by atoms with Crippen LogP contribution in [0.15, 0.2) is 65.6 Å². The number of ether oxygens (including phenoxy) is 1. The third-order valence-corrected chi connectivity index (χ3v) is 4.82. The van der Waals surface area contributed by atoms with Gasteiger partial charge in [0.25, 0.3) is 11.5 Å². The fraction of sp³-hybridized carbons (Fsp3) is 0.286. The van der Waals surface area contributed by atoms with Gasteiger partial charge in [0.2, 0.25) is 0 Å². The zero-order valence-corrected chi connectivity index (χ0v) is 15.5. The largest absolute Gasteiger partial charge is 0.370 e. The van der Waals surface area contributed by atoms with Crippen LogP contribution >= 0.6 is 0 Å². The van der Waals surface area contributed by atoms with Crippen LogP contribution in [0.5, 0.6) is 0 Å². The third kappa shape index (κ3) is 4.04. The maximum Gasteiger partial charge on any atom is 0.272 e. The van der Waals surface area contributed by atoms with Gasteiger partial charge in [-0.1, -0.05) is 24.3 Å². The number of aromatic nitrogens is 3. The molecule has 3 heterocycles. The van der Waals surface area contributed by atoms with Crippen LogP contribution < -0.4 is 5.56 Å². The van der Waals surface area contributed by atoms with Crippen LogP contribution in [-0.4, -0.2) is 44.8 Å². The van der Waals surface area contributed by atoms with Gasteiger partial charge in [0.05, 0.1) is 24.1 Å². The summed E-state index contributed by atoms with van der Waals surface area (Å²) in [6.07, 6.45) is 3.46. The quantitative estimate of drug-likeness (QED) is 0.739. The predicted molar refractivity (Wildman–Crippen MR) is 104 cm³/mol. The van der Waals surface area contributed by atoms with E-state index in [4.69, 9.17) is 4.74 Å². The molecule has 1 aliphatic heterocycles. The van der Waals surface area contributed by atoms with Crippen LogP contribution in [-0.2, 0) is 11.3 Å². The van der Waals surface area contributed by atoms with E-state index in [1.807, 2.05) is 48.5 Å². The van der Waals surface area contributed by atoms with Crippen LogP contribution in [0, 0.1) is 0 Å². The molecule has 2 aromatic heterocycles. The molecule has 7 nitrogen and oxygen atoms in total. The molecule has 0 bridgehead atoms. The number of hydrogen-bond donors (Lipinski definition) is 1. The first-order valence-corrected chi connectivity index (χ1v) is 9.39. The lowest BCUT2D eigenvalue weighted by atomic mass is 10.1. The zero-order chi connectivity index (χ0) is 19.3. The number of piperidine rings is 1. The third-order valence-electron chi connectivity index (χ3n) is 4.82. The monoisotopic (exact) mass is 378 g/mol. The summed E-state index contributed by atoms with van der Waals surface area (Å²) in [5.41, 5.74) is 1.60. The number of aromatic amines is 1. The Labute approximate surface area is 162 Å². The van der Waals surface area contributed by atoms with Crippen LogP contribution in [0.4, 0.5) is 0 Å². The molecule has 0 spiro atoms. The van der Waals surface area contributed by atoms with Gasteiger partial charge in [-0.2, -0.15) is 0 Å². The van der Waals surface area contributed by atoms with Crippen LogP contribution in [0.25, 0.3) is 5.69 Å². The fourth-order valence-corrected chi connectivity index (χ4v) is 3.39. The summed E-state index contributed by atoms with van der Waals surface area (Å²) in [6.45, 7) is 1.58. The van der Waals surface area contributed by atoms with E-state index in [-0.39, 0.29) is 17.6 Å². The van der Waals surface area contributed by atoms with E-state index in [1.54, 1.807) is 11.1 Å². The van der Waals surface area contributed by atoms with Crippen molar-refractivity contribution in [2.24, 2.45) is 0 Å². The van der Waals surface area contributed by atoms with Gasteiger partial charge in [-0.05, 0) is 37.1 Å². The lowest BCUT2D eigenvalue weighted by Crippen LogP contribution is -2.43. The number of pyridine rings is 1. The number of carbonyl (C=O) groups is 1. The maximum absolute atomic E-state index is 12.9. The molecule has 1 atom stereocenters. The lowest BCUT2D eigenvalue weighted by molar-refractivity contribution is -0.00802. The van der Waals surface area contributed by atoms with Gasteiger partial charge in [-0.15, -0.1) is 0 Å². The molecule has 0 radical (unpaired) electrons. The molecule has 0 saturated carbocycles. The Morgan fingerprint density at radius 3 is 2.79 bits per heavy atom. The Hall–Kier alpha value is -3.19. The van der Waals surface area contributed by atoms with Gasteiger partial charge >= 0.3 is 0 Å². The summed E-state index contributed by atoms with van der Waals surface area (Å²) < 4.78 is 7.33. The Morgan fingerprint density at radius 2 is 2.00 bits per heavy atom. The predicted octanol–water partition coefficient (Wildman–Crippen LogP) is 2.38. The number of likely N-dealkylation sites (tertiary alicyclic amines) is 1. The molecule has 1 fully saturated rings. The first kappa shape index (κ1) is 18.2. The molecule has 28 heavy (non-hydrogen) atoms. The number of rotatable bonds is 5. The van der Waals surface area contributed by atoms with Crippen LogP contribution in [0.2, 0.25) is 0 Å². The number of amides is 1. The lowest BCUT2D eigenvalue weighted by Gasteiger charge is -2.32. The van der Waals surface area contributed by atoms with E-state index in [0.717, 1.165) is 18.5 Å². The maximum atomic E-state index is 12.9. The van der Waals surface area contributed by atoms with E-state index in [2.05, 4.69) is 10.1 Å². The highest BCUT2D eigenvalue weighted by Crippen LogP contribution is 2.17. The number of nitrogens with one attached hydrogen (secondary N) is 1. The van der Waals surface area contributed by atoms with Gasteiger partial charge in [-0.3, -0.25) is 19.7 Å². The molecule has 1 amide bonds. The summed E-state index contributed by atoms with van der Waals surface area (Å²) in [4.78, 5) is 31.2. The van der Waals surface area contributed by atoms with Gasteiger partial charge in [0.15, 0.2) is 0 Å². The molecule has 144 valence electrons. The number of hydrogen-bond acceptors (Lipinski definition) is 4. The van der Waals surface area contributed by atoms with Crippen molar-refractivity contribution >= 4 is 5.91 Å². The highest BCUT2D eigenvalue weighted by Gasteiger charge is 2.26. The fourth-order valence-electron chi connectivity index (χ4n) is 3.39. The molecule has 7 heteroatoms. The van der Waals surface area contributed by atoms with E-state index in [9.17, 15) is 9.59 Å². The minimum absolute atomic E-state index is 0.0392. The summed E-state index contributed by atoms with van der Waals surface area (Å²) in [5, 5.41) is 2.93. The van der Waals surface area contributed by atoms with Crippen molar-refractivity contribution in [2.75, 3.05) is 13.1 Å². The first-order valence-electron chi connectivity index (χ1n) is 9.39.